The number of hydrogen-bond donors (Lipinski definition) is 0. The van der Waals surface area contributed by atoms with Crippen LogP contribution in [0.1, 0.15) is 66.2 Å². The second-order valence-electron chi connectivity index (χ2n) is 11.8. The predicted octanol–water partition coefficient (Wildman–Crippen LogP) is 10.3. The normalized spacial score (nSPS) is 12.0. The van der Waals surface area contributed by atoms with E-state index in [1.165, 1.54) is 61.4 Å². The molecule has 0 fully saturated rings. The van der Waals surface area contributed by atoms with E-state index < -0.39 is 23.3 Å². The van der Waals surface area contributed by atoms with Gasteiger partial charge in [0.2, 0.25) is 0 Å². The number of hydrogen-bond acceptors (Lipinski definition) is 0. The Morgan fingerprint density at radius 2 is 1.03 bits per heavy atom. The van der Waals surface area contributed by atoms with E-state index in [1.54, 1.807) is 5.19 Å². The molecule has 0 amide bonds. The van der Waals surface area contributed by atoms with Crippen LogP contribution in [0, 0.1) is 0 Å². The van der Waals surface area contributed by atoms with Gasteiger partial charge in [-0.15, -0.1) is 0 Å². The van der Waals surface area contributed by atoms with Gasteiger partial charge in [-0.3, -0.25) is 0 Å². The van der Waals surface area contributed by atoms with Crippen LogP contribution in [-0.2, 0) is 0 Å². The zero-order chi connectivity index (χ0) is 24.8. The van der Waals surface area contributed by atoms with Crippen molar-refractivity contribution in [2.75, 3.05) is 0 Å². The Balaban J connectivity index is 0.000000805. The van der Waals surface area contributed by atoms with E-state index >= 15 is 0 Å². The van der Waals surface area contributed by atoms with Crippen LogP contribution < -0.4 is 5.19 Å². The average Bonchev–Trinajstić information content (AvgIpc) is 2.73. The molecule has 0 heterocycles. The minimum atomic E-state index is -1.41. The van der Waals surface area contributed by atoms with Crippen molar-refractivity contribution in [3.05, 3.63) is 42.5 Å². The molecular weight excluding hydrogens is 433 g/mol. The Morgan fingerprint density at radius 1 is 0.562 bits per heavy atom. The lowest BCUT2D eigenvalue weighted by atomic mass is 10.1. The van der Waals surface area contributed by atoms with Crippen LogP contribution in [0.25, 0.3) is 10.8 Å². The van der Waals surface area contributed by atoms with Gasteiger partial charge in [0.25, 0.3) is 0 Å². The molecule has 0 aliphatic heterocycles. The molecule has 184 valence electrons. The zero-order valence-electron chi connectivity index (χ0n) is 23.7. The van der Waals surface area contributed by atoms with Crippen molar-refractivity contribution in [3.8, 4) is 0 Å². The average molecular weight is 489 g/mol. The van der Waals surface area contributed by atoms with Crippen molar-refractivity contribution in [1.29, 1.82) is 0 Å². The smallest absolute Gasteiger partial charge is 0.0710 e. The molecule has 2 rings (SSSR count). The fourth-order valence-electron chi connectivity index (χ4n) is 3.84. The van der Waals surface area contributed by atoms with E-state index in [-0.39, 0.29) is 0 Å². The summed E-state index contributed by atoms with van der Waals surface area (Å²) in [5.41, 5.74) is 0. The molecular formula is C29H56Si3. The maximum Gasteiger partial charge on any atom is 0.0746 e. The van der Waals surface area contributed by atoms with Gasteiger partial charge in [-0.1, -0.05) is 172 Å². The van der Waals surface area contributed by atoms with E-state index in [9.17, 15) is 0 Å². The first-order valence-corrected chi connectivity index (χ1v) is 24.3. The van der Waals surface area contributed by atoms with E-state index in [2.05, 4.69) is 116 Å². The van der Waals surface area contributed by atoms with Crippen molar-refractivity contribution >= 4 is 39.2 Å². The first kappa shape index (κ1) is 31.4. The number of rotatable bonds is 9. The van der Waals surface area contributed by atoms with Gasteiger partial charge in [0.15, 0.2) is 0 Å². The molecule has 0 saturated heterocycles. The number of fused-ring (bicyclic) bond motifs is 1. The summed E-state index contributed by atoms with van der Waals surface area (Å²) in [6, 6.07) is 18.9. The van der Waals surface area contributed by atoms with E-state index in [0.717, 1.165) is 0 Å². The van der Waals surface area contributed by atoms with Crippen LogP contribution in [0.3, 0.4) is 0 Å². The Morgan fingerprint density at radius 3 is 1.47 bits per heavy atom. The standard InChI is InChI=1S/C19H32Si3.2C5H12/c1-20(2,3)15-16-21(4,5)22(6,7)19-14-10-12-17-11-8-9-13-18(17)19;2*1-3-5-4-2/h8-14H,15-16H2,1-7H3;2*3-5H2,1-2H3. The third kappa shape index (κ3) is 11.0. The molecule has 2 aromatic rings. The first-order chi connectivity index (χ1) is 14.9. The van der Waals surface area contributed by atoms with E-state index in [0.29, 0.717) is 0 Å². The lowest BCUT2D eigenvalue weighted by Gasteiger charge is -2.41. The first-order valence-electron chi connectivity index (χ1n) is 13.4. The summed E-state index contributed by atoms with van der Waals surface area (Å²) in [7, 11) is -3.58. The Kier molecular flexibility index (Phi) is 15.0. The van der Waals surface area contributed by atoms with Crippen molar-refractivity contribution in [1.82, 2.24) is 0 Å². The minimum Gasteiger partial charge on any atom is -0.0710 e. The van der Waals surface area contributed by atoms with Crippen molar-refractivity contribution in [3.63, 3.8) is 0 Å². The SMILES string of the molecule is CCCCC.CCCCC.C[Si](C)(C)CC[Si](C)(C)[Si](C)(C)c1cccc2ccccc12. The summed E-state index contributed by atoms with van der Waals surface area (Å²) in [4.78, 5) is 0. The fraction of sp³-hybridized carbons (Fsp3) is 0.655. The van der Waals surface area contributed by atoms with Gasteiger partial charge in [-0.2, -0.15) is 0 Å². The van der Waals surface area contributed by atoms with Gasteiger partial charge < -0.3 is 0 Å². The molecule has 0 spiro atoms. The molecule has 0 aliphatic carbocycles. The Labute approximate surface area is 205 Å². The highest BCUT2D eigenvalue weighted by molar-refractivity contribution is 7.46. The molecule has 0 saturated carbocycles. The maximum absolute atomic E-state index is 2.65. The second kappa shape index (κ2) is 15.3. The summed E-state index contributed by atoms with van der Waals surface area (Å²) in [5, 5.41) is 4.61. The number of unbranched alkanes of at least 4 members (excludes halogenated alkanes) is 4. The monoisotopic (exact) mass is 488 g/mol. The highest BCUT2D eigenvalue weighted by Gasteiger charge is 2.43. The highest BCUT2D eigenvalue weighted by atomic mass is 29.3. The Bertz CT molecular complexity index is 726. The molecule has 0 bridgehead atoms. The van der Waals surface area contributed by atoms with Gasteiger partial charge in [-0.25, -0.2) is 0 Å². The van der Waals surface area contributed by atoms with Crippen LogP contribution in [0.15, 0.2) is 42.5 Å². The molecule has 0 aliphatic rings. The van der Waals surface area contributed by atoms with Crippen LogP contribution >= 0.6 is 0 Å². The molecule has 0 unspecified atom stereocenters. The topological polar surface area (TPSA) is 0 Å². The molecule has 32 heavy (non-hydrogen) atoms. The largest absolute Gasteiger partial charge is 0.0746 e. The van der Waals surface area contributed by atoms with E-state index in [1.807, 2.05) is 0 Å². The van der Waals surface area contributed by atoms with Crippen molar-refractivity contribution < 1.29 is 0 Å². The highest BCUT2D eigenvalue weighted by Crippen LogP contribution is 2.29. The molecule has 3 heteroatoms. The lowest BCUT2D eigenvalue weighted by Crippen LogP contribution is -2.63. The summed E-state index contributed by atoms with van der Waals surface area (Å²) in [5.74, 6) is 0. The Hall–Kier alpha value is -0.649. The molecule has 0 radical (unpaired) electrons. The van der Waals surface area contributed by atoms with Gasteiger partial charge in [0.1, 0.15) is 0 Å². The van der Waals surface area contributed by atoms with Crippen molar-refractivity contribution in [2.24, 2.45) is 0 Å². The molecule has 0 nitrogen and oxygen atoms in total. The second-order valence-corrected chi connectivity index (χ2v) is 33.3. The van der Waals surface area contributed by atoms with Crippen LogP contribution in [-0.4, -0.2) is 23.3 Å². The van der Waals surface area contributed by atoms with Crippen LogP contribution in [0.2, 0.25) is 57.9 Å². The van der Waals surface area contributed by atoms with Crippen molar-refractivity contribution in [2.45, 2.75) is 124 Å². The number of benzene rings is 2. The third-order valence-corrected chi connectivity index (χ3v) is 27.7. The van der Waals surface area contributed by atoms with E-state index in [4.69, 9.17) is 0 Å². The van der Waals surface area contributed by atoms with Gasteiger partial charge in [-0.05, 0) is 10.8 Å². The van der Waals surface area contributed by atoms with Crippen LogP contribution in [0.5, 0.6) is 0 Å². The zero-order valence-corrected chi connectivity index (χ0v) is 26.7. The summed E-state index contributed by atoms with van der Waals surface area (Å²) < 4.78 is 0. The molecule has 2 aromatic carbocycles. The molecule has 0 aromatic heterocycles. The summed E-state index contributed by atoms with van der Waals surface area (Å²) in [6.45, 7) is 27.0. The molecule has 0 N–H and O–H groups in total. The predicted molar refractivity (Wildman–Crippen MR) is 162 cm³/mol. The quantitative estimate of drug-likeness (QED) is 0.308. The lowest BCUT2D eigenvalue weighted by molar-refractivity contribution is 0.772. The third-order valence-electron chi connectivity index (χ3n) is 7.07. The fourth-order valence-corrected chi connectivity index (χ4v) is 18.0. The summed E-state index contributed by atoms with van der Waals surface area (Å²) in [6.07, 6.45) is 8.15. The van der Waals surface area contributed by atoms with Gasteiger partial charge in [0.05, 0.1) is 7.59 Å². The maximum atomic E-state index is 2.65. The van der Waals surface area contributed by atoms with Crippen LogP contribution in [0.4, 0.5) is 0 Å². The minimum absolute atomic E-state index is 0.943. The van der Waals surface area contributed by atoms with Gasteiger partial charge >= 0.3 is 0 Å². The summed E-state index contributed by atoms with van der Waals surface area (Å²) >= 11 is 0. The van der Waals surface area contributed by atoms with Gasteiger partial charge in [0, 0.05) is 15.7 Å². The molecule has 0 atom stereocenters.